The molecule has 5 nitrogen and oxygen atoms in total. The fraction of sp³-hybridized carbons (Fsp3) is 0.296. The molecule has 0 amide bonds. The average molecular weight is 426 g/mol. The number of pyridine rings is 1. The predicted octanol–water partition coefficient (Wildman–Crippen LogP) is 4.64. The van der Waals surface area contributed by atoms with Crippen LogP contribution in [-0.2, 0) is 22.3 Å². The lowest BCUT2D eigenvalue weighted by atomic mass is 10.1. The van der Waals surface area contributed by atoms with E-state index in [2.05, 4.69) is 48.5 Å². The monoisotopic (exact) mass is 425 g/mol. The van der Waals surface area contributed by atoms with Crippen molar-refractivity contribution >= 4 is 11.8 Å². The largest absolute Gasteiger partial charge is 0.474 e. The second kappa shape index (κ2) is 9.77. The summed E-state index contributed by atoms with van der Waals surface area (Å²) in [5.74, 6) is 1.23. The molecule has 0 saturated carbocycles. The van der Waals surface area contributed by atoms with Gasteiger partial charge in [-0.05, 0) is 48.9 Å². The minimum Gasteiger partial charge on any atom is -0.474 e. The molecule has 0 spiro atoms. The topological polar surface area (TPSA) is 56.1 Å². The number of aliphatic imine (C=N–C) groups is 2. The van der Waals surface area contributed by atoms with Gasteiger partial charge < -0.3 is 9.47 Å². The van der Waals surface area contributed by atoms with Crippen molar-refractivity contribution in [3.05, 3.63) is 101 Å². The molecule has 3 heterocycles. The first-order valence-corrected chi connectivity index (χ1v) is 11.3. The highest BCUT2D eigenvalue weighted by molar-refractivity contribution is 5.97. The molecule has 0 bridgehead atoms. The van der Waals surface area contributed by atoms with Gasteiger partial charge in [0.1, 0.15) is 24.6 Å². The third kappa shape index (κ3) is 5.05. The maximum Gasteiger partial charge on any atom is 0.235 e. The van der Waals surface area contributed by atoms with E-state index in [0.29, 0.717) is 25.0 Å². The lowest BCUT2D eigenvalue weighted by Gasteiger charge is -2.04. The smallest absolute Gasteiger partial charge is 0.235 e. The van der Waals surface area contributed by atoms with E-state index in [1.54, 1.807) is 0 Å². The van der Waals surface area contributed by atoms with Crippen LogP contribution >= 0.6 is 0 Å². The van der Waals surface area contributed by atoms with Gasteiger partial charge in [-0.3, -0.25) is 0 Å². The number of aromatic nitrogens is 1. The van der Waals surface area contributed by atoms with Gasteiger partial charge >= 0.3 is 0 Å². The third-order valence-corrected chi connectivity index (χ3v) is 5.83. The van der Waals surface area contributed by atoms with Crippen molar-refractivity contribution in [1.82, 2.24) is 4.98 Å². The summed E-state index contributed by atoms with van der Waals surface area (Å²) in [5.41, 5.74) is 4.14. The molecule has 0 saturated heterocycles. The summed E-state index contributed by atoms with van der Waals surface area (Å²) in [6, 6.07) is 27.2. The van der Waals surface area contributed by atoms with Crippen molar-refractivity contribution in [2.75, 3.05) is 13.2 Å². The SMILES string of the molecule is c1ccc(CC[C@@H]2COC(c3cccc(C4=N[C@H](CCc5ccccc5)CO4)n3)=N2)cc1. The minimum absolute atomic E-state index is 0.165. The average Bonchev–Trinajstić information content (AvgIpc) is 3.53. The Hall–Kier alpha value is -3.47. The molecule has 5 heteroatoms. The molecule has 2 atom stereocenters. The molecule has 5 rings (SSSR count). The second-order valence-corrected chi connectivity index (χ2v) is 8.25. The minimum atomic E-state index is 0.165. The molecule has 0 radical (unpaired) electrons. The van der Waals surface area contributed by atoms with E-state index in [1.807, 2.05) is 30.3 Å². The second-order valence-electron chi connectivity index (χ2n) is 8.25. The highest BCUT2D eigenvalue weighted by atomic mass is 16.5. The van der Waals surface area contributed by atoms with Crippen LogP contribution in [0.4, 0.5) is 0 Å². The van der Waals surface area contributed by atoms with Crippen LogP contribution in [0.3, 0.4) is 0 Å². The molecule has 162 valence electrons. The van der Waals surface area contributed by atoms with E-state index in [1.165, 1.54) is 11.1 Å². The molecule has 2 aromatic carbocycles. The number of nitrogens with zero attached hydrogens (tertiary/aromatic N) is 3. The van der Waals surface area contributed by atoms with Gasteiger partial charge in [-0.15, -0.1) is 0 Å². The Morgan fingerprint density at radius 3 is 1.53 bits per heavy atom. The Bertz CT molecular complexity index is 1010. The summed E-state index contributed by atoms with van der Waals surface area (Å²) in [5, 5.41) is 0. The van der Waals surface area contributed by atoms with Crippen molar-refractivity contribution in [2.45, 2.75) is 37.8 Å². The van der Waals surface area contributed by atoms with E-state index >= 15 is 0 Å². The maximum atomic E-state index is 5.87. The molecule has 3 aromatic rings. The van der Waals surface area contributed by atoms with Crippen LogP contribution in [0.25, 0.3) is 0 Å². The van der Waals surface area contributed by atoms with E-state index in [4.69, 9.17) is 24.4 Å². The lowest BCUT2D eigenvalue weighted by Crippen LogP contribution is -2.10. The first-order chi connectivity index (χ1) is 15.8. The lowest BCUT2D eigenvalue weighted by molar-refractivity contribution is 0.310. The van der Waals surface area contributed by atoms with Crippen LogP contribution in [0.2, 0.25) is 0 Å². The number of benzene rings is 2. The Kier molecular flexibility index (Phi) is 6.24. The number of rotatable bonds is 8. The molecule has 0 unspecified atom stereocenters. The fourth-order valence-corrected chi connectivity index (χ4v) is 4.04. The molecule has 32 heavy (non-hydrogen) atoms. The van der Waals surface area contributed by atoms with Crippen LogP contribution in [0.5, 0.6) is 0 Å². The number of hydrogen-bond donors (Lipinski definition) is 0. The molecule has 1 aromatic heterocycles. The quantitative estimate of drug-likeness (QED) is 0.528. The van der Waals surface area contributed by atoms with Gasteiger partial charge in [0.15, 0.2) is 0 Å². The Labute approximate surface area is 188 Å². The van der Waals surface area contributed by atoms with E-state index < -0.39 is 0 Å². The number of aryl methyl sites for hydroxylation is 2. The highest BCUT2D eigenvalue weighted by Gasteiger charge is 2.24. The van der Waals surface area contributed by atoms with Gasteiger partial charge in [-0.1, -0.05) is 66.7 Å². The number of hydrogen-bond acceptors (Lipinski definition) is 5. The van der Waals surface area contributed by atoms with Gasteiger partial charge in [-0.25, -0.2) is 15.0 Å². The highest BCUT2D eigenvalue weighted by Crippen LogP contribution is 2.19. The third-order valence-electron chi connectivity index (χ3n) is 5.83. The zero-order valence-corrected chi connectivity index (χ0v) is 18.1. The van der Waals surface area contributed by atoms with E-state index in [-0.39, 0.29) is 12.1 Å². The van der Waals surface area contributed by atoms with Crippen molar-refractivity contribution in [3.63, 3.8) is 0 Å². The van der Waals surface area contributed by atoms with Crippen molar-refractivity contribution in [3.8, 4) is 0 Å². The van der Waals surface area contributed by atoms with E-state index in [0.717, 1.165) is 37.1 Å². The van der Waals surface area contributed by atoms with Gasteiger partial charge in [0.2, 0.25) is 11.8 Å². The number of ether oxygens (including phenoxy) is 2. The van der Waals surface area contributed by atoms with E-state index in [9.17, 15) is 0 Å². The molecule has 0 N–H and O–H groups in total. The molecule has 2 aliphatic rings. The van der Waals surface area contributed by atoms with Gasteiger partial charge in [0.05, 0.1) is 12.1 Å². The molecular weight excluding hydrogens is 398 g/mol. The van der Waals surface area contributed by atoms with Crippen molar-refractivity contribution in [2.24, 2.45) is 9.98 Å². The van der Waals surface area contributed by atoms with Gasteiger partial charge in [0, 0.05) is 0 Å². The van der Waals surface area contributed by atoms with Gasteiger partial charge in [0.25, 0.3) is 0 Å². The maximum absolute atomic E-state index is 5.87. The summed E-state index contributed by atoms with van der Waals surface area (Å²) < 4.78 is 11.7. The fourth-order valence-electron chi connectivity index (χ4n) is 4.04. The first-order valence-electron chi connectivity index (χ1n) is 11.3. The normalized spacial score (nSPS) is 19.8. The first kappa shape index (κ1) is 20.4. The Balaban J connectivity index is 1.21. The van der Waals surface area contributed by atoms with Crippen molar-refractivity contribution in [1.29, 1.82) is 0 Å². The zero-order chi connectivity index (χ0) is 21.6. The summed E-state index contributed by atoms with van der Waals surface area (Å²) in [6.45, 7) is 1.21. The summed E-state index contributed by atoms with van der Waals surface area (Å²) in [6.07, 6.45) is 3.92. The van der Waals surface area contributed by atoms with Crippen LogP contribution in [0, 0.1) is 0 Å². The summed E-state index contributed by atoms with van der Waals surface area (Å²) in [7, 11) is 0. The molecule has 2 aliphatic heterocycles. The standard InChI is InChI=1S/C27H27N3O2/c1-3-8-20(9-4-1)14-16-22-18-31-26(28-22)24-12-7-13-25(30-24)27-29-23(19-32-27)17-15-21-10-5-2-6-11-21/h1-13,22-23H,14-19H2/t22-,23-/m1/s1. The molecule has 0 fully saturated rings. The van der Waals surface area contributed by atoms with Crippen LogP contribution in [0.15, 0.2) is 88.8 Å². The van der Waals surface area contributed by atoms with Crippen LogP contribution < -0.4 is 0 Å². The zero-order valence-electron chi connectivity index (χ0n) is 18.1. The van der Waals surface area contributed by atoms with Crippen molar-refractivity contribution < 1.29 is 9.47 Å². The van der Waals surface area contributed by atoms with Crippen LogP contribution in [0.1, 0.15) is 35.4 Å². The summed E-state index contributed by atoms with van der Waals surface area (Å²) in [4.78, 5) is 14.3. The summed E-state index contributed by atoms with van der Waals surface area (Å²) >= 11 is 0. The Morgan fingerprint density at radius 2 is 1.06 bits per heavy atom. The predicted molar refractivity (Wildman–Crippen MR) is 126 cm³/mol. The van der Waals surface area contributed by atoms with Gasteiger partial charge in [-0.2, -0.15) is 0 Å². The molecule has 0 aliphatic carbocycles. The Morgan fingerprint density at radius 1 is 0.594 bits per heavy atom. The molecular formula is C27H27N3O2. The van der Waals surface area contributed by atoms with Crippen LogP contribution in [-0.4, -0.2) is 42.1 Å².